The second kappa shape index (κ2) is 4.42. The molecule has 18 heavy (non-hydrogen) atoms. The fraction of sp³-hybridized carbons (Fsp3) is 0.385. The van der Waals surface area contributed by atoms with Crippen molar-refractivity contribution >= 4 is 16.8 Å². The molecule has 0 atom stereocenters. The molecule has 0 aliphatic carbocycles. The Labute approximate surface area is 105 Å². The van der Waals surface area contributed by atoms with Crippen molar-refractivity contribution in [3.8, 4) is 0 Å². The van der Waals surface area contributed by atoms with Gasteiger partial charge < -0.3 is 11.1 Å². The highest BCUT2D eigenvalue weighted by molar-refractivity contribution is 5.96. The van der Waals surface area contributed by atoms with Crippen LogP contribution in [0.25, 0.3) is 10.9 Å². The molecule has 1 saturated heterocycles. The Balaban J connectivity index is 2.01. The molecule has 1 aromatic carbocycles. The number of hydrogen-bond donors (Lipinski definition) is 2. The zero-order valence-corrected chi connectivity index (χ0v) is 10.1. The van der Waals surface area contributed by atoms with Gasteiger partial charge >= 0.3 is 0 Å². The van der Waals surface area contributed by atoms with Crippen LogP contribution in [0, 0.1) is 0 Å². The minimum Gasteiger partial charge on any atom is -0.366 e. The van der Waals surface area contributed by atoms with Crippen LogP contribution in [0.15, 0.2) is 24.4 Å². The number of nitrogens with two attached hydrogens (primary N) is 1. The number of hydrogen-bond acceptors (Lipinski definition) is 3. The highest BCUT2D eigenvalue weighted by Crippen LogP contribution is 2.24. The van der Waals surface area contributed by atoms with Crippen LogP contribution in [-0.2, 0) is 0 Å². The van der Waals surface area contributed by atoms with Crippen LogP contribution in [0.4, 0.5) is 0 Å². The van der Waals surface area contributed by atoms with E-state index in [1.54, 1.807) is 6.07 Å². The molecule has 2 heterocycles. The van der Waals surface area contributed by atoms with Gasteiger partial charge in [0.15, 0.2) is 0 Å². The van der Waals surface area contributed by atoms with E-state index < -0.39 is 5.91 Å². The predicted octanol–water partition coefficient (Wildman–Crippen LogP) is 1.06. The number of primary amides is 1. The fourth-order valence-corrected chi connectivity index (χ4v) is 2.55. The number of fused-ring (bicyclic) bond motifs is 1. The Kier molecular flexibility index (Phi) is 2.76. The largest absolute Gasteiger partial charge is 0.366 e. The van der Waals surface area contributed by atoms with Crippen molar-refractivity contribution in [2.24, 2.45) is 5.73 Å². The molecule has 1 amide bonds. The highest BCUT2D eigenvalue weighted by Gasteiger charge is 2.17. The maximum absolute atomic E-state index is 11.1. The molecule has 0 saturated carbocycles. The molecule has 0 spiro atoms. The summed E-state index contributed by atoms with van der Waals surface area (Å²) in [5.74, 6) is -0.397. The van der Waals surface area contributed by atoms with Crippen molar-refractivity contribution in [2.45, 2.75) is 18.9 Å². The summed E-state index contributed by atoms with van der Waals surface area (Å²) in [4.78, 5) is 11.1. The lowest BCUT2D eigenvalue weighted by Crippen LogP contribution is -2.29. The summed E-state index contributed by atoms with van der Waals surface area (Å²) < 4.78 is 2.07. The number of rotatable bonds is 2. The minimum atomic E-state index is -0.397. The van der Waals surface area contributed by atoms with Gasteiger partial charge in [0.25, 0.3) is 0 Å². The van der Waals surface area contributed by atoms with Crippen LogP contribution in [0.2, 0.25) is 0 Å². The standard InChI is InChI=1S/C13H16N4O/c14-13(18)9-1-2-12-10(7-9)8-16-17(12)11-3-5-15-6-4-11/h1-2,7-8,11,15H,3-6H2,(H2,14,18). The zero-order chi connectivity index (χ0) is 12.5. The number of amides is 1. The Morgan fingerprint density at radius 1 is 1.39 bits per heavy atom. The van der Waals surface area contributed by atoms with E-state index in [9.17, 15) is 4.79 Å². The molecule has 0 unspecified atom stereocenters. The first kappa shape index (κ1) is 11.2. The number of carbonyl (C=O) groups excluding carboxylic acids is 1. The number of nitrogens with zero attached hydrogens (tertiary/aromatic N) is 2. The lowest BCUT2D eigenvalue weighted by molar-refractivity contribution is 0.100. The SMILES string of the molecule is NC(=O)c1ccc2c(cnn2C2CCNCC2)c1. The molecule has 5 heteroatoms. The van der Waals surface area contributed by atoms with Crippen LogP contribution < -0.4 is 11.1 Å². The van der Waals surface area contributed by atoms with Gasteiger partial charge in [-0.05, 0) is 44.1 Å². The van der Waals surface area contributed by atoms with Crippen LogP contribution in [0.5, 0.6) is 0 Å². The third-order valence-electron chi connectivity index (χ3n) is 3.53. The minimum absolute atomic E-state index is 0.397. The number of benzene rings is 1. The first-order chi connectivity index (χ1) is 8.75. The smallest absolute Gasteiger partial charge is 0.248 e. The molecule has 0 radical (unpaired) electrons. The maximum atomic E-state index is 11.1. The Bertz CT molecular complexity index is 584. The van der Waals surface area contributed by atoms with Gasteiger partial charge in [-0.15, -0.1) is 0 Å². The first-order valence-electron chi connectivity index (χ1n) is 6.23. The normalized spacial score (nSPS) is 17.1. The van der Waals surface area contributed by atoms with Gasteiger partial charge in [0.05, 0.1) is 17.8 Å². The van der Waals surface area contributed by atoms with E-state index in [1.165, 1.54) is 0 Å². The summed E-state index contributed by atoms with van der Waals surface area (Å²) in [5, 5.41) is 8.78. The predicted molar refractivity (Wildman–Crippen MR) is 69.4 cm³/mol. The van der Waals surface area contributed by atoms with Gasteiger partial charge in [-0.2, -0.15) is 5.10 Å². The third kappa shape index (κ3) is 1.86. The van der Waals surface area contributed by atoms with E-state index in [1.807, 2.05) is 18.3 Å². The van der Waals surface area contributed by atoms with Gasteiger partial charge in [-0.1, -0.05) is 0 Å². The first-order valence-corrected chi connectivity index (χ1v) is 6.23. The molecule has 94 valence electrons. The number of aromatic nitrogens is 2. The summed E-state index contributed by atoms with van der Waals surface area (Å²) in [5.41, 5.74) is 6.89. The van der Waals surface area contributed by atoms with Crippen LogP contribution >= 0.6 is 0 Å². The van der Waals surface area contributed by atoms with Crippen molar-refractivity contribution < 1.29 is 4.79 Å². The summed E-state index contributed by atoms with van der Waals surface area (Å²) in [6.45, 7) is 2.07. The van der Waals surface area contributed by atoms with Gasteiger partial charge in [-0.25, -0.2) is 0 Å². The molecule has 2 aromatic rings. The average Bonchev–Trinajstić information content (AvgIpc) is 2.82. The lowest BCUT2D eigenvalue weighted by atomic mass is 10.1. The topological polar surface area (TPSA) is 72.9 Å². The molecule has 1 aliphatic rings. The van der Waals surface area contributed by atoms with Gasteiger partial charge in [-0.3, -0.25) is 9.48 Å². The molecule has 0 bridgehead atoms. The lowest BCUT2D eigenvalue weighted by Gasteiger charge is -2.23. The average molecular weight is 244 g/mol. The number of piperidine rings is 1. The van der Waals surface area contributed by atoms with Gasteiger partial charge in [0.1, 0.15) is 0 Å². The molecule has 3 rings (SSSR count). The highest BCUT2D eigenvalue weighted by atomic mass is 16.1. The van der Waals surface area contributed by atoms with Crippen LogP contribution in [0.3, 0.4) is 0 Å². The van der Waals surface area contributed by atoms with Crippen molar-refractivity contribution in [1.82, 2.24) is 15.1 Å². The van der Waals surface area contributed by atoms with E-state index in [0.717, 1.165) is 36.8 Å². The monoisotopic (exact) mass is 244 g/mol. The van der Waals surface area contributed by atoms with Crippen molar-refractivity contribution in [2.75, 3.05) is 13.1 Å². The Morgan fingerprint density at radius 2 is 2.17 bits per heavy atom. The summed E-state index contributed by atoms with van der Waals surface area (Å²) in [6.07, 6.45) is 3.99. The van der Waals surface area contributed by atoms with E-state index in [0.29, 0.717) is 11.6 Å². The molecule has 5 nitrogen and oxygen atoms in total. The second-order valence-corrected chi connectivity index (χ2v) is 4.71. The van der Waals surface area contributed by atoms with Crippen molar-refractivity contribution in [3.05, 3.63) is 30.0 Å². The quantitative estimate of drug-likeness (QED) is 0.829. The summed E-state index contributed by atoms with van der Waals surface area (Å²) in [7, 11) is 0. The maximum Gasteiger partial charge on any atom is 0.248 e. The van der Waals surface area contributed by atoms with Crippen LogP contribution in [0.1, 0.15) is 29.2 Å². The fourth-order valence-electron chi connectivity index (χ4n) is 2.55. The van der Waals surface area contributed by atoms with E-state index in [4.69, 9.17) is 5.73 Å². The van der Waals surface area contributed by atoms with Gasteiger partial charge in [0.2, 0.25) is 5.91 Å². The molecule has 1 fully saturated rings. The molecular weight excluding hydrogens is 228 g/mol. The van der Waals surface area contributed by atoms with E-state index >= 15 is 0 Å². The van der Waals surface area contributed by atoms with E-state index in [-0.39, 0.29) is 0 Å². The second-order valence-electron chi connectivity index (χ2n) is 4.71. The van der Waals surface area contributed by atoms with Crippen molar-refractivity contribution in [3.63, 3.8) is 0 Å². The molecule has 1 aromatic heterocycles. The summed E-state index contributed by atoms with van der Waals surface area (Å²) in [6, 6.07) is 5.96. The van der Waals surface area contributed by atoms with Crippen LogP contribution in [-0.4, -0.2) is 28.8 Å². The number of nitrogens with one attached hydrogen (secondary N) is 1. The zero-order valence-electron chi connectivity index (χ0n) is 10.1. The molecular formula is C13H16N4O. The van der Waals surface area contributed by atoms with Gasteiger partial charge in [0, 0.05) is 10.9 Å². The number of carbonyl (C=O) groups is 1. The molecule has 1 aliphatic heterocycles. The third-order valence-corrected chi connectivity index (χ3v) is 3.53. The molecule has 3 N–H and O–H groups in total. The Hall–Kier alpha value is -1.88. The Morgan fingerprint density at radius 3 is 2.89 bits per heavy atom. The van der Waals surface area contributed by atoms with Crippen molar-refractivity contribution in [1.29, 1.82) is 0 Å². The van der Waals surface area contributed by atoms with E-state index in [2.05, 4.69) is 15.1 Å². The summed E-state index contributed by atoms with van der Waals surface area (Å²) >= 11 is 0.